The number of hydrogen-bond donors (Lipinski definition) is 1. The zero-order chi connectivity index (χ0) is 18.4. The molecule has 0 aromatic heterocycles. The van der Waals surface area contributed by atoms with Crippen LogP contribution >= 0.6 is 0 Å². The minimum atomic E-state index is -3.63. The van der Waals surface area contributed by atoms with Crippen molar-refractivity contribution in [2.75, 3.05) is 20.2 Å². The van der Waals surface area contributed by atoms with Gasteiger partial charge in [0.2, 0.25) is 10.0 Å². The second-order valence-corrected chi connectivity index (χ2v) is 7.96. The lowest BCUT2D eigenvalue weighted by molar-refractivity contribution is -0.140. The Morgan fingerprint density at radius 2 is 2.08 bits per heavy atom. The molecule has 25 heavy (non-hydrogen) atoms. The first-order chi connectivity index (χ1) is 11.9. The summed E-state index contributed by atoms with van der Waals surface area (Å²) in [6, 6.07) is 5.94. The third-order valence-electron chi connectivity index (χ3n) is 4.29. The van der Waals surface area contributed by atoms with Gasteiger partial charge in [0.1, 0.15) is 0 Å². The van der Waals surface area contributed by atoms with Crippen molar-refractivity contribution in [3.63, 3.8) is 0 Å². The number of rotatable bonds is 6. The van der Waals surface area contributed by atoms with Crippen molar-refractivity contribution in [3.8, 4) is 0 Å². The molecule has 0 saturated carbocycles. The predicted octanol–water partition coefficient (Wildman–Crippen LogP) is 1.54. The SMILES string of the molecule is COC(=O)CCNC(=O)c1cccc(S(=O)(=O)N2CCCC[C@@H]2C)c1. The summed E-state index contributed by atoms with van der Waals surface area (Å²) in [6.45, 7) is 2.53. The van der Waals surface area contributed by atoms with E-state index >= 15 is 0 Å². The molecule has 1 aliphatic rings. The maximum atomic E-state index is 12.8. The number of amides is 1. The third kappa shape index (κ3) is 4.79. The van der Waals surface area contributed by atoms with Crippen LogP contribution in [0.2, 0.25) is 0 Å². The van der Waals surface area contributed by atoms with Crippen LogP contribution in [0.25, 0.3) is 0 Å². The smallest absolute Gasteiger partial charge is 0.307 e. The number of nitrogens with zero attached hydrogens (tertiary/aromatic N) is 1. The summed E-state index contributed by atoms with van der Waals surface area (Å²) in [5.41, 5.74) is 0.246. The van der Waals surface area contributed by atoms with E-state index in [1.807, 2.05) is 6.92 Å². The molecule has 1 amide bonds. The summed E-state index contributed by atoms with van der Waals surface area (Å²) in [5.74, 6) is -0.844. The number of carbonyl (C=O) groups excluding carboxylic acids is 2. The number of benzene rings is 1. The number of nitrogens with one attached hydrogen (secondary N) is 1. The molecule has 1 aliphatic heterocycles. The Kier molecular flexibility index (Phi) is 6.55. The van der Waals surface area contributed by atoms with Crippen molar-refractivity contribution in [3.05, 3.63) is 29.8 Å². The first kappa shape index (κ1) is 19.4. The number of piperidine rings is 1. The molecule has 7 nitrogen and oxygen atoms in total. The van der Waals surface area contributed by atoms with E-state index in [0.29, 0.717) is 6.54 Å². The lowest BCUT2D eigenvalue weighted by atomic mass is 10.1. The lowest BCUT2D eigenvalue weighted by Gasteiger charge is -2.32. The maximum absolute atomic E-state index is 12.8. The van der Waals surface area contributed by atoms with Crippen molar-refractivity contribution in [1.82, 2.24) is 9.62 Å². The number of methoxy groups -OCH3 is 1. The predicted molar refractivity (Wildman–Crippen MR) is 92.6 cm³/mol. The van der Waals surface area contributed by atoms with Crippen LogP contribution in [0.15, 0.2) is 29.2 Å². The van der Waals surface area contributed by atoms with Crippen molar-refractivity contribution < 1.29 is 22.7 Å². The van der Waals surface area contributed by atoms with E-state index in [1.165, 1.54) is 23.5 Å². The number of hydrogen-bond acceptors (Lipinski definition) is 5. The molecule has 1 heterocycles. The van der Waals surface area contributed by atoms with Crippen LogP contribution in [0.5, 0.6) is 0 Å². The summed E-state index contributed by atoms with van der Waals surface area (Å²) in [6.07, 6.45) is 2.77. The minimum absolute atomic E-state index is 0.0451. The molecule has 8 heteroatoms. The van der Waals surface area contributed by atoms with E-state index < -0.39 is 21.9 Å². The van der Waals surface area contributed by atoms with Gasteiger partial charge in [0.15, 0.2) is 0 Å². The van der Waals surface area contributed by atoms with Crippen molar-refractivity contribution >= 4 is 21.9 Å². The molecule has 1 saturated heterocycles. The average molecular weight is 368 g/mol. The van der Waals surface area contributed by atoms with Gasteiger partial charge in [-0.3, -0.25) is 9.59 Å². The van der Waals surface area contributed by atoms with Crippen LogP contribution in [0, 0.1) is 0 Å². The quantitative estimate of drug-likeness (QED) is 0.769. The van der Waals surface area contributed by atoms with Gasteiger partial charge in [0.25, 0.3) is 5.91 Å². The van der Waals surface area contributed by atoms with E-state index in [4.69, 9.17) is 0 Å². The van der Waals surface area contributed by atoms with Crippen molar-refractivity contribution in [1.29, 1.82) is 0 Å². The fourth-order valence-corrected chi connectivity index (χ4v) is 4.59. The largest absolute Gasteiger partial charge is 0.469 e. The average Bonchev–Trinajstić information content (AvgIpc) is 2.61. The molecule has 1 aromatic carbocycles. The zero-order valence-electron chi connectivity index (χ0n) is 14.5. The molecule has 0 aliphatic carbocycles. The van der Waals surface area contributed by atoms with Crippen molar-refractivity contribution in [2.45, 2.75) is 43.5 Å². The van der Waals surface area contributed by atoms with Crippen LogP contribution in [0.1, 0.15) is 43.0 Å². The minimum Gasteiger partial charge on any atom is -0.469 e. The van der Waals surface area contributed by atoms with Gasteiger partial charge in [0.05, 0.1) is 18.4 Å². The highest BCUT2D eigenvalue weighted by Crippen LogP contribution is 2.25. The lowest BCUT2D eigenvalue weighted by Crippen LogP contribution is -2.42. The Labute approximate surface area is 148 Å². The van der Waals surface area contributed by atoms with Gasteiger partial charge in [0, 0.05) is 24.7 Å². The van der Waals surface area contributed by atoms with Gasteiger partial charge in [-0.1, -0.05) is 12.5 Å². The normalized spacial score (nSPS) is 18.6. The Morgan fingerprint density at radius 3 is 2.76 bits per heavy atom. The van der Waals surface area contributed by atoms with E-state index in [2.05, 4.69) is 10.1 Å². The molecule has 1 aromatic rings. The van der Waals surface area contributed by atoms with Crippen LogP contribution in [-0.4, -0.2) is 50.8 Å². The highest BCUT2D eigenvalue weighted by molar-refractivity contribution is 7.89. The Morgan fingerprint density at radius 1 is 1.32 bits per heavy atom. The summed E-state index contributed by atoms with van der Waals surface area (Å²) >= 11 is 0. The molecule has 0 unspecified atom stereocenters. The Bertz CT molecular complexity index is 732. The number of sulfonamides is 1. The second kappa shape index (κ2) is 8.44. The molecule has 1 N–H and O–H groups in total. The van der Waals surface area contributed by atoms with Crippen LogP contribution in [-0.2, 0) is 19.6 Å². The third-order valence-corrected chi connectivity index (χ3v) is 6.30. The monoisotopic (exact) mass is 368 g/mol. The molecular weight excluding hydrogens is 344 g/mol. The second-order valence-electron chi connectivity index (χ2n) is 6.07. The van der Waals surface area contributed by atoms with E-state index in [9.17, 15) is 18.0 Å². The first-order valence-corrected chi connectivity index (χ1v) is 9.77. The molecule has 1 fully saturated rings. The number of ether oxygens (including phenoxy) is 1. The van der Waals surface area contributed by atoms with Gasteiger partial charge >= 0.3 is 5.97 Å². The Hall–Kier alpha value is -1.93. The maximum Gasteiger partial charge on any atom is 0.307 e. The van der Waals surface area contributed by atoms with Gasteiger partial charge < -0.3 is 10.1 Å². The van der Waals surface area contributed by atoms with Gasteiger partial charge in [-0.15, -0.1) is 0 Å². The van der Waals surface area contributed by atoms with E-state index in [-0.39, 0.29) is 29.5 Å². The molecular formula is C17H24N2O5S. The zero-order valence-corrected chi connectivity index (χ0v) is 15.3. The fraction of sp³-hybridized carbons (Fsp3) is 0.529. The molecule has 0 bridgehead atoms. The molecule has 2 rings (SSSR count). The summed E-state index contributed by atoms with van der Waals surface area (Å²) in [5, 5.41) is 2.58. The summed E-state index contributed by atoms with van der Waals surface area (Å²) in [4.78, 5) is 23.3. The standard InChI is InChI=1S/C17H24N2O5S/c1-13-6-3-4-11-19(13)25(22,23)15-8-5-7-14(12-15)17(21)18-10-9-16(20)24-2/h5,7-8,12-13H,3-4,6,9-11H2,1-2H3,(H,18,21)/t13-/m0/s1. The number of esters is 1. The highest BCUT2D eigenvalue weighted by atomic mass is 32.2. The first-order valence-electron chi connectivity index (χ1n) is 8.33. The fourth-order valence-electron chi connectivity index (χ4n) is 2.84. The highest BCUT2D eigenvalue weighted by Gasteiger charge is 2.31. The van der Waals surface area contributed by atoms with E-state index in [1.54, 1.807) is 12.1 Å². The van der Waals surface area contributed by atoms with Gasteiger partial charge in [-0.2, -0.15) is 4.31 Å². The Balaban J connectivity index is 2.12. The summed E-state index contributed by atoms with van der Waals surface area (Å²) < 4.78 is 31.7. The topological polar surface area (TPSA) is 92.8 Å². The van der Waals surface area contributed by atoms with Crippen LogP contribution in [0.3, 0.4) is 0 Å². The van der Waals surface area contributed by atoms with E-state index in [0.717, 1.165) is 19.3 Å². The van der Waals surface area contributed by atoms with Gasteiger partial charge in [-0.05, 0) is 38.0 Å². The molecule has 1 atom stereocenters. The number of carbonyl (C=O) groups is 2. The molecule has 0 spiro atoms. The van der Waals surface area contributed by atoms with Crippen molar-refractivity contribution in [2.24, 2.45) is 0 Å². The molecule has 138 valence electrons. The van der Waals surface area contributed by atoms with Crippen LogP contribution in [0.4, 0.5) is 0 Å². The molecule has 0 radical (unpaired) electrons. The van der Waals surface area contributed by atoms with Crippen LogP contribution < -0.4 is 5.32 Å². The van der Waals surface area contributed by atoms with Gasteiger partial charge in [-0.25, -0.2) is 8.42 Å². The summed E-state index contributed by atoms with van der Waals surface area (Å²) in [7, 11) is -2.35.